The van der Waals surface area contributed by atoms with Crippen LogP contribution in [0.4, 0.5) is 0 Å². The van der Waals surface area contributed by atoms with Gasteiger partial charge in [-0.1, -0.05) is 28.1 Å². The van der Waals surface area contributed by atoms with E-state index in [0.29, 0.717) is 6.42 Å². The average Bonchev–Trinajstić information content (AvgIpc) is 2.63. The maximum absolute atomic E-state index is 10.2. The zero-order valence-corrected chi connectivity index (χ0v) is 12.2. The number of hydrogen-bond donors (Lipinski definition) is 1. The molecule has 1 atom stereocenters. The maximum atomic E-state index is 10.2. The second-order valence-electron chi connectivity index (χ2n) is 4.10. The van der Waals surface area contributed by atoms with Crippen LogP contribution in [-0.4, -0.2) is 10.1 Å². The maximum Gasteiger partial charge on any atom is 0.0897 e. The van der Waals surface area contributed by atoms with Crippen LogP contribution >= 0.6 is 27.3 Å². The van der Waals surface area contributed by atoms with Crippen LogP contribution in [0.5, 0.6) is 0 Å². The Hall–Kier alpha value is -0.710. The van der Waals surface area contributed by atoms with Gasteiger partial charge in [0.1, 0.15) is 0 Å². The molecule has 2 aromatic rings. The third-order valence-corrected chi connectivity index (χ3v) is 4.09. The van der Waals surface area contributed by atoms with Gasteiger partial charge in [-0.25, -0.2) is 4.98 Å². The lowest BCUT2D eigenvalue weighted by Gasteiger charge is -2.12. The predicted molar refractivity (Wildman–Crippen MR) is 74.4 cm³/mol. The molecule has 0 aliphatic carbocycles. The molecule has 0 aliphatic heterocycles. The highest BCUT2D eigenvalue weighted by Gasteiger charge is 2.13. The summed E-state index contributed by atoms with van der Waals surface area (Å²) in [5.41, 5.74) is 3.05. The number of benzene rings is 1. The molecular weight excluding hydrogens is 298 g/mol. The third kappa shape index (κ3) is 3.15. The highest BCUT2D eigenvalue weighted by molar-refractivity contribution is 9.10. The standard InChI is InChI=1S/C13H14BrNOS/c1-8-3-4-11(12(14)5-8)13(16)6-10-7-17-9(2)15-10/h3-5,7,13,16H,6H2,1-2H3. The van der Waals surface area contributed by atoms with Crippen molar-refractivity contribution in [2.24, 2.45) is 0 Å². The first-order chi connectivity index (χ1) is 8.06. The minimum atomic E-state index is -0.508. The highest BCUT2D eigenvalue weighted by Crippen LogP contribution is 2.27. The number of aliphatic hydroxyl groups is 1. The molecule has 1 N–H and O–H groups in total. The van der Waals surface area contributed by atoms with Gasteiger partial charge in [-0.3, -0.25) is 0 Å². The zero-order valence-electron chi connectivity index (χ0n) is 9.77. The van der Waals surface area contributed by atoms with Gasteiger partial charge in [0.15, 0.2) is 0 Å². The Morgan fingerprint density at radius 1 is 1.41 bits per heavy atom. The van der Waals surface area contributed by atoms with Crippen LogP contribution in [0.1, 0.15) is 27.9 Å². The highest BCUT2D eigenvalue weighted by atomic mass is 79.9. The molecule has 90 valence electrons. The van der Waals surface area contributed by atoms with Gasteiger partial charge in [0.2, 0.25) is 0 Å². The summed E-state index contributed by atoms with van der Waals surface area (Å²) in [5.74, 6) is 0. The lowest BCUT2D eigenvalue weighted by molar-refractivity contribution is 0.176. The van der Waals surface area contributed by atoms with E-state index in [9.17, 15) is 5.11 Å². The Labute approximate surface area is 113 Å². The van der Waals surface area contributed by atoms with Crippen molar-refractivity contribution in [3.63, 3.8) is 0 Å². The van der Waals surface area contributed by atoms with Gasteiger partial charge in [0.05, 0.1) is 16.8 Å². The van der Waals surface area contributed by atoms with Gasteiger partial charge in [0, 0.05) is 16.3 Å². The molecule has 0 bridgehead atoms. The Balaban J connectivity index is 2.17. The van der Waals surface area contributed by atoms with E-state index in [-0.39, 0.29) is 0 Å². The van der Waals surface area contributed by atoms with E-state index >= 15 is 0 Å². The number of aromatic nitrogens is 1. The van der Waals surface area contributed by atoms with E-state index in [4.69, 9.17) is 0 Å². The van der Waals surface area contributed by atoms with E-state index in [1.54, 1.807) is 11.3 Å². The summed E-state index contributed by atoms with van der Waals surface area (Å²) in [7, 11) is 0. The molecule has 0 saturated carbocycles. The molecule has 0 radical (unpaired) electrons. The Bertz CT molecular complexity index is 524. The molecule has 0 amide bonds. The molecule has 1 unspecified atom stereocenters. The lowest BCUT2D eigenvalue weighted by Crippen LogP contribution is -2.03. The largest absolute Gasteiger partial charge is 0.388 e. The zero-order chi connectivity index (χ0) is 12.4. The quantitative estimate of drug-likeness (QED) is 0.935. The second kappa shape index (κ2) is 5.29. The molecule has 0 spiro atoms. The van der Waals surface area contributed by atoms with Gasteiger partial charge in [-0.15, -0.1) is 11.3 Å². The van der Waals surface area contributed by atoms with Crippen LogP contribution in [0.15, 0.2) is 28.1 Å². The van der Waals surface area contributed by atoms with E-state index in [0.717, 1.165) is 20.7 Å². The molecule has 0 fully saturated rings. The van der Waals surface area contributed by atoms with Gasteiger partial charge in [-0.2, -0.15) is 0 Å². The van der Waals surface area contributed by atoms with E-state index in [1.807, 2.05) is 37.4 Å². The van der Waals surface area contributed by atoms with Gasteiger partial charge in [0.25, 0.3) is 0 Å². The molecule has 2 nitrogen and oxygen atoms in total. The molecule has 2 rings (SSSR count). The Morgan fingerprint density at radius 2 is 2.18 bits per heavy atom. The molecule has 1 heterocycles. The number of hydrogen-bond acceptors (Lipinski definition) is 3. The number of nitrogens with zero attached hydrogens (tertiary/aromatic N) is 1. The fourth-order valence-corrected chi connectivity index (χ4v) is 3.10. The minimum Gasteiger partial charge on any atom is -0.388 e. The predicted octanol–water partition coefficient (Wildman–Crippen LogP) is 3.80. The molecule has 1 aromatic carbocycles. The van der Waals surface area contributed by atoms with Crippen LogP contribution in [0, 0.1) is 13.8 Å². The summed E-state index contributed by atoms with van der Waals surface area (Å²) in [4.78, 5) is 4.37. The third-order valence-electron chi connectivity index (χ3n) is 2.58. The molecule has 0 saturated heterocycles. The minimum absolute atomic E-state index is 0.508. The van der Waals surface area contributed by atoms with E-state index in [2.05, 4.69) is 20.9 Å². The van der Waals surface area contributed by atoms with Crippen molar-refractivity contribution in [2.45, 2.75) is 26.4 Å². The molecule has 1 aromatic heterocycles. The van der Waals surface area contributed by atoms with Crippen LogP contribution in [-0.2, 0) is 6.42 Å². The first-order valence-electron chi connectivity index (χ1n) is 5.41. The summed E-state index contributed by atoms with van der Waals surface area (Å²) in [5, 5.41) is 13.2. The lowest BCUT2D eigenvalue weighted by atomic mass is 10.0. The molecule has 17 heavy (non-hydrogen) atoms. The Morgan fingerprint density at radius 3 is 2.76 bits per heavy atom. The van der Waals surface area contributed by atoms with Crippen molar-refractivity contribution in [3.05, 3.63) is 49.9 Å². The summed E-state index contributed by atoms with van der Waals surface area (Å²) < 4.78 is 0.956. The summed E-state index contributed by atoms with van der Waals surface area (Å²) in [6.45, 7) is 4.01. The van der Waals surface area contributed by atoms with Crippen molar-refractivity contribution >= 4 is 27.3 Å². The number of rotatable bonds is 3. The second-order valence-corrected chi connectivity index (χ2v) is 6.02. The molecule has 4 heteroatoms. The monoisotopic (exact) mass is 311 g/mol. The molecule has 0 aliphatic rings. The number of aryl methyl sites for hydroxylation is 2. The first kappa shape index (κ1) is 12.7. The van der Waals surface area contributed by atoms with Gasteiger partial charge >= 0.3 is 0 Å². The summed E-state index contributed by atoms with van der Waals surface area (Å²) in [6, 6.07) is 5.99. The fraction of sp³-hybridized carbons (Fsp3) is 0.308. The summed E-state index contributed by atoms with van der Waals surface area (Å²) >= 11 is 5.10. The normalized spacial score (nSPS) is 12.7. The number of halogens is 1. The van der Waals surface area contributed by atoms with E-state index in [1.165, 1.54) is 5.56 Å². The van der Waals surface area contributed by atoms with Crippen molar-refractivity contribution in [1.29, 1.82) is 0 Å². The van der Waals surface area contributed by atoms with Crippen molar-refractivity contribution in [2.75, 3.05) is 0 Å². The SMILES string of the molecule is Cc1ccc(C(O)Cc2csc(C)n2)c(Br)c1. The smallest absolute Gasteiger partial charge is 0.0897 e. The number of thiazole rings is 1. The van der Waals surface area contributed by atoms with Crippen LogP contribution in [0.3, 0.4) is 0 Å². The topological polar surface area (TPSA) is 33.1 Å². The van der Waals surface area contributed by atoms with Crippen LogP contribution in [0.2, 0.25) is 0 Å². The van der Waals surface area contributed by atoms with Gasteiger partial charge in [-0.05, 0) is 31.0 Å². The Kier molecular flexibility index (Phi) is 3.97. The summed E-state index contributed by atoms with van der Waals surface area (Å²) in [6.07, 6.45) is 0.0536. The van der Waals surface area contributed by atoms with Crippen molar-refractivity contribution in [1.82, 2.24) is 4.98 Å². The van der Waals surface area contributed by atoms with Gasteiger partial charge < -0.3 is 5.11 Å². The average molecular weight is 312 g/mol. The van der Waals surface area contributed by atoms with Crippen molar-refractivity contribution < 1.29 is 5.11 Å². The van der Waals surface area contributed by atoms with Crippen LogP contribution in [0.25, 0.3) is 0 Å². The number of aliphatic hydroxyl groups excluding tert-OH is 1. The fourth-order valence-electron chi connectivity index (χ4n) is 1.71. The first-order valence-corrected chi connectivity index (χ1v) is 7.08. The van der Waals surface area contributed by atoms with Crippen LogP contribution < -0.4 is 0 Å². The van der Waals surface area contributed by atoms with E-state index < -0.39 is 6.10 Å². The van der Waals surface area contributed by atoms with Crippen molar-refractivity contribution in [3.8, 4) is 0 Å². The molecular formula is C13H14BrNOS.